The first kappa shape index (κ1) is 19.7. The van der Waals surface area contributed by atoms with Gasteiger partial charge in [0, 0.05) is 5.41 Å². The van der Waals surface area contributed by atoms with Gasteiger partial charge in [-0.15, -0.1) is 0 Å². The van der Waals surface area contributed by atoms with Gasteiger partial charge in [0.05, 0.1) is 6.54 Å². The van der Waals surface area contributed by atoms with E-state index in [0.717, 1.165) is 19.3 Å². The first-order valence-electron chi connectivity index (χ1n) is 8.51. The average Bonchev–Trinajstić information content (AvgIpc) is 2.50. The number of nitrogens with one attached hydrogen (secondary N) is 1. The number of amides is 1. The highest BCUT2D eigenvalue weighted by Crippen LogP contribution is 2.60. The van der Waals surface area contributed by atoms with Crippen LogP contribution in [-0.4, -0.2) is 36.6 Å². The molecule has 0 radical (unpaired) electrons. The van der Waals surface area contributed by atoms with Crippen molar-refractivity contribution in [3.63, 3.8) is 0 Å². The van der Waals surface area contributed by atoms with Crippen molar-refractivity contribution in [2.24, 2.45) is 23.2 Å². The Kier molecular flexibility index (Phi) is 4.50. The third-order valence-corrected chi connectivity index (χ3v) is 6.14. The topological polar surface area (TPSA) is 29.1 Å². The highest BCUT2D eigenvalue weighted by Gasteiger charge is 2.75. The Balaban J connectivity index is 1.69. The van der Waals surface area contributed by atoms with E-state index < -0.39 is 42.1 Å². The van der Waals surface area contributed by atoms with Gasteiger partial charge in [-0.3, -0.25) is 4.79 Å². The Labute approximate surface area is 144 Å². The van der Waals surface area contributed by atoms with Gasteiger partial charge in [-0.2, -0.15) is 26.3 Å². The zero-order chi connectivity index (χ0) is 19.5. The normalized spacial score (nSPS) is 34.4. The Bertz CT molecular complexity index is 541. The lowest BCUT2D eigenvalue weighted by Crippen LogP contribution is -2.62. The lowest BCUT2D eigenvalue weighted by molar-refractivity contribution is -0.336. The van der Waals surface area contributed by atoms with Crippen molar-refractivity contribution in [1.82, 2.24) is 5.32 Å². The van der Waals surface area contributed by atoms with Gasteiger partial charge in [0.1, 0.15) is 0 Å². The maximum atomic E-state index is 13.6. The van der Waals surface area contributed by atoms with Crippen molar-refractivity contribution in [2.45, 2.75) is 62.7 Å². The molecule has 0 unspecified atom stereocenters. The number of carbonyl (C=O) groups is 1. The summed E-state index contributed by atoms with van der Waals surface area (Å²) in [5.74, 6) is -18.0. The fraction of sp³-hybridized carbons (Fsp3) is 0.938. The zero-order valence-electron chi connectivity index (χ0n) is 13.7. The number of hydrogen-bond donors (Lipinski definition) is 1. The fourth-order valence-electron chi connectivity index (χ4n) is 5.26. The molecule has 1 amide bonds. The highest BCUT2D eigenvalue weighted by atomic mass is 19.4. The van der Waals surface area contributed by atoms with Gasteiger partial charge < -0.3 is 5.32 Å². The summed E-state index contributed by atoms with van der Waals surface area (Å²) in [6.07, 6.45) is -0.744. The Morgan fingerprint density at radius 2 is 1.35 bits per heavy atom. The predicted molar refractivity (Wildman–Crippen MR) is 74.5 cm³/mol. The molecule has 0 aromatic heterocycles. The van der Waals surface area contributed by atoms with Gasteiger partial charge in [0.15, 0.2) is 0 Å². The van der Waals surface area contributed by atoms with Crippen molar-refractivity contribution in [1.29, 1.82) is 0 Å². The minimum absolute atomic E-state index is 0.275. The van der Waals surface area contributed by atoms with Gasteiger partial charge in [-0.05, 0) is 56.3 Å². The van der Waals surface area contributed by atoms with Gasteiger partial charge in [0.25, 0.3) is 0 Å². The molecule has 0 heterocycles. The summed E-state index contributed by atoms with van der Waals surface area (Å²) in [5.41, 5.74) is -0.939. The number of carbonyl (C=O) groups excluding carboxylic acids is 1. The summed E-state index contributed by atoms with van der Waals surface area (Å²) in [4.78, 5) is 12.4. The van der Waals surface area contributed by atoms with Crippen LogP contribution in [0.1, 0.15) is 38.5 Å². The molecule has 0 atom stereocenters. The van der Waals surface area contributed by atoms with Crippen LogP contribution in [0, 0.1) is 23.2 Å². The minimum Gasteiger partial charge on any atom is -0.349 e. The lowest BCUT2D eigenvalue weighted by Gasteiger charge is -2.55. The smallest absolute Gasteiger partial charge is 0.349 e. The molecule has 150 valence electrons. The Morgan fingerprint density at radius 1 is 0.923 bits per heavy atom. The summed E-state index contributed by atoms with van der Waals surface area (Å²) in [6, 6.07) is 0. The summed E-state index contributed by atoms with van der Waals surface area (Å²) < 4.78 is 104. The van der Waals surface area contributed by atoms with Crippen LogP contribution in [0.3, 0.4) is 0 Å². The molecule has 2 nitrogen and oxygen atoms in total. The number of halogens is 8. The van der Waals surface area contributed by atoms with Crippen LogP contribution in [0.5, 0.6) is 0 Å². The van der Waals surface area contributed by atoms with Crippen LogP contribution in [0.2, 0.25) is 0 Å². The molecular formula is C16H19F8NO. The second kappa shape index (κ2) is 5.95. The van der Waals surface area contributed by atoms with Gasteiger partial charge in [-0.1, -0.05) is 0 Å². The third-order valence-electron chi connectivity index (χ3n) is 6.14. The molecule has 1 N–H and O–H groups in total. The molecule has 26 heavy (non-hydrogen) atoms. The molecule has 4 aliphatic carbocycles. The van der Waals surface area contributed by atoms with Crippen LogP contribution >= 0.6 is 0 Å². The first-order chi connectivity index (χ1) is 11.8. The number of alkyl halides is 8. The maximum Gasteiger partial charge on any atom is 0.379 e. The largest absolute Gasteiger partial charge is 0.379 e. The van der Waals surface area contributed by atoms with E-state index in [2.05, 4.69) is 0 Å². The van der Waals surface area contributed by atoms with E-state index in [9.17, 15) is 39.9 Å². The molecule has 4 bridgehead atoms. The summed E-state index contributed by atoms with van der Waals surface area (Å²) in [6.45, 7) is -2.11. The molecule has 4 rings (SSSR count). The monoisotopic (exact) mass is 393 g/mol. The molecule has 0 aromatic carbocycles. The summed E-state index contributed by atoms with van der Waals surface area (Å²) in [7, 11) is 0. The van der Waals surface area contributed by atoms with Crippen molar-refractivity contribution in [3.8, 4) is 0 Å². The van der Waals surface area contributed by atoms with Crippen molar-refractivity contribution < 1.29 is 39.9 Å². The van der Waals surface area contributed by atoms with Gasteiger partial charge in [-0.25, -0.2) is 8.78 Å². The van der Waals surface area contributed by atoms with E-state index in [1.54, 1.807) is 5.32 Å². The van der Waals surface area contributed by atoms with Crippen molar-refractivity contribution in [3.05, 3.63) is 0 Å². The SMILES string of the molecule is O=C(NCC(F)(F)C(F)(F)C(F)(F)C(F)F)C12CC3CC(CC(C3)C1)C2. The van der Waals surface area contributed by atoms with Gasteiger partial charge in [0.2, 0.25) is 5.91 Å². The van der Waals surface area contributed by atoms with E-state index in [4.69, 9.17) is 0 Å². The predicted octanol–water partition coefficient (Wildman–Crippen LogP) is 4.49. The minimum atomic E-state index is -6.29. The van der Waals surface area contributed by atoms with Crippen LogP contribution in [0.15, 0.2) is 0 Å². The molecule has 4 aliphatic rings. The van der Waals surface area contributed by atoms with E-state index >= 15 is 0 Å². The van der Waals surface area contributed by atoms with E-state index in [1.165, 1.54) is 0 Å². The average molecular weight is 393 g/mol. The van der Waals surface area contributed by atoms with E-state index in [1.807, 2.05) is 0 Å². The van der Waals surface area contributed by atoms with Crippen LogP contribution in [0.4, 0.5) is 35.1 Å². The quantitative estimate of drug-likeness (QED) is 0.662. The molecule has 0 aliphatic heterocycles. The van der Waals surface area contributed by atoms with Crippen LogP contribution < -0.4 is 5.32 Å². The summed E-state index contributed by atoms with van der Waals surface area (Å²) in [5, 5.41) is 1.65. The molecule has 0 spiro atoms. The van der Waals surface area contributed by atoms with Crippen LogP contribution in [-0.2, 0) is 4.79 Å². The lowest BCUT2D eigenvalue weighted by atomic mass is 9.49. The first-order valence-corrected chi connectivity index (χ1v) is 8.51. The van der Waals surface area contributed by atoms with Crippen molar-refractivity contribution >= 4 is 5.91 Å². The third kappa shape index (κ3) is 2.87. The maximum absolute atomic E-state index is 13.6. The standard InChI is InChI=1S/C16H19F8NO/c17-11(18)15(21,22)16(23,24)14(19,20)7-25-12(26)13-4-8-1-9(5-13)3-10(2-8)6-13/h8-11H,1-7H2,(H,25,26). The van der Waals surface area contributed by atoms with Gasteiger partial charge >= 0.3 is 24.2 Å². The second-order valence-electron chi connectivity index (χ2n) is 8.08. The second-order valence-corrected chi connectivity index (χ2v) is 8.08. The Hall–Kier alpha value is -1.09. The van der Waals surface area contributed by atoms with E-state index in [0.29, 0.717) is 19.3 Å². The summed E-state index contributed by atoms with van der Waals surface area (Å²) >= 11 is 0. The molecule has 4 saturated carbocycles. The van der Waals surface area contributed by atoms with E-state index in [-0.39, 0.29) is 17.8 Å². The fourth-order valence-corrected chi connectivity index (χ4v) is 5.26. The Morgan fingerprint density at radius 3 is 1.73 bits per heavy atom. The molecule has 0 aromatic rings. The van der Waals surface area contributed by atoms with Crippen molar-refractivity contribution in [2.75, 3.05) is 6.54 Å². The molecule has 0 saturated heterocycles. The molecule has 10 heteroatoms. The number of hydrogen-bond acceptors (Lipinski definition) is 1. The highest BCUT2D eigenvalue weighted by molar-refractivity contribution is 5.83. The van der Waals surface area contributed by atoms with Crippen LogP contribution in [0.25, 0.3) is 0 Å². The number of rotatable bonds is 6. The molecule has 4 fully saturated rings. The zero-order valence-corrected chi connectivity index (χ0v) is 13.7. The molecular weight excluding hydrogens is 374 g/mol.